The van der Waals surface area contributed by atoms with Gasteiger partial charge in [-0.15, -0.1) is 0 Å². The molecule has 0 N–H and O–H groups in total. The van der Waals surface area contributed by atoms with E-state index in [1.165, 1.54) is 48.1 Å². The molecule has 0 bridgehead atoms. The number of benzene rings is 3. The Morgan fingerprint density at radius 3 is 2.30 bits per heavy atom. The highest BCUT2D eigenvalue weighted by Crippen LogP contribution is 2.49. The van der Waals surface area contributed by atoms with Crippen molar-refractivity contribution in [3.05, 3.63) is 93.1 Å². The second-order valence-electron chi connectivity index (χ2n) is 7.56. The summed E-state index contributed by atoms with van der Waals surface area (Å²) in [6.45, 7) is 10.8. The Morgan fingerprint density at radius 2 is 1.56 bits per heavy atom. The molecule has 0 saturated carbocycles. The van der Waals surface area contributed by atoms with Gasteiger partial charge in [-0.3, -0.25) is 0 Å². The Hall–Kier alpha value is -2.13. The Bertz CT molecular complexity index is 1080. The van der Waals surface area contributed by atoms with E-state index in [2.05, 4.69) is 117 Å². The summed E-state index contributed by atoms with van der Waals surface area (Å²) in [6, 6.07) is 20.2. The van der Waals surface area contributed by atoms with Crippen LogP contribution in [0, 0.1) is 3.57 Å². The van der Waals surface area contributed by atoms with E-state index >= 15 is 0 Å². The van der Waals surface area contributed by atoms with E-state index in [0.29, 0.717) is 0 Å². The molecule has 1 heteroatoms. The number of hydrogen-bond donors (Lipinski definition) is 0. The van der Waals surface area contributed by atoms with Crippen LogP contribution in [0.4, 0.5) is 0 Å². The number of rotatable bonds is 3. The van der Waals surface area contributed by atoms with E-state index in [1.54, 1.807) is 0 Å². The monoisotopic (exact) mass is 462 g/mol. The molecule has 0 spiro atoms. The summed E-state index contributed by atoms with van der Waals surface area (Å²) in [5.74, 6) is 0. The second-order valence-corrected chi connectivity index (χ2v) is 8.72. The van der Waals surface area contributed by atoms with Crippen molar-refractivity contribution in [1.29, 1.82) is 0 Å². The Morgan fingerprint density at radius 1 is 0.852 bits per heavy atom. The number of halogens is 1. The third-order valence-corrected chi connectivity index (χ3v) is 6.61. The molecule has 0 atom stereocenters. The smallest absolute Gasteiger partial charge is 0.0209 e. The van der Waals surface area contributed by atoms with Gasteiger partial charge in [0.15, 0.2) is 0 Å². The van der Waals surface area contributed by atoms with Crippen LogP contribution in [0.1, 0.15) is 43.0 Å². The van der Waals surface area contributed by atoms with Crippen LogP contribution in [0.5, 0.6) is 0 Å². The van der Waals surface area contributed by atoms with Crippen LogP contribution in [0.3, 0.4) is 0 Å². The normalized spacial score (nSPS) is 14.2. The SMILES string of the molecule is C=Cc1c(I)ccc(-c2ccc3c(c2)C(C)(C)c2ccccc2-3)c1/C=C\C. The quantitative estimate of drug-likeness (QED) is 0.347. The van der Waals surface area contributed by atoms with Gasteiger partial charge in [-0.25, -0.2) is 0 Å². The first-order chi connectivity index (χ1) is 13.0. The number of hydrogen-bond acceptors (Lipinski definition) is 0. The first-order valence-electron chi connectivity index (χ1n) is 9.31. The van der Waals surface area contributed by atoms with Crippen molar-refractivity contribution in [2.24, 2.45) is 0 Å². The average molecular weight is 462 g/mol. The molecule has 1 aliphatic rings. The number of allylic oxidation sites excluding steroid dienone is 1. The summed E-state index contributed by atoms with van der Waals surface area (Å²) < 4.78 is 1.23. The topological polar surface area (TPSA) is 0 Å². The molecule has 0 heterocycles. The van der Waals surface area contributed by atoms with E-state index < -0.39 is 0 Å². The van der Waals surface area contributed by atoms with Crippen LogP contribution in [-0.4, -0.2) is 0 Å². The second kappa shape index (κ2) is 6.79. The van der Waals surface area contributed by atoms with Gasteiger partial charge in [-0.2, -0.15) is 0 Å². The molecule has 27 heavy (non-hydrogen) atoms. The van der Waals surface area contributed by atoms with Crippen molar-refractivity contribution >= 4 is 34.7 Å². The van der Waals surface area contributed by atoms with Crippen LogP contribution in [0.25, 0.3) is 34.4 Å². The minimum Gasteiger partial charge on any atom is -0.0984 e. The standard InChI is InChI=1S/C26H23I/c1-5-9-20-18(6-2)25(27)15-14-19(20)17-12-13-22-21-10-7-8-11-23(21)26(3,4)24(22)16-17/h5-16H,2H2,1,3-4H3/b9-5-. The Kier molecular flexibility index (Phi) is 4.59. The van der Waals surface area contributed by atoms with Gasteiger partial charge in [0.25, 0.3) is 0 Å². The van der Waals surface area contributed by atoms with Gasteiger partial charge in [0.2, 0.25) is 0 Å². The molecule has 0 unspecified atom stereocenters. The van der Waals surface area contributed by atoms with Gasteiger partial charge in [0.05, 0.1) is 0 Å². The average Bonchev–Trinajstić information content (AvgIpc) is 2.90. The molecule has 0 nitrogen and oxygen atoms in total. The third kappa shape index (κ3) is 2.80. The Labute approximate surface area is 175 Å². The first-order valence-corrected chi connectivity index (χ1v) is 10.4. The first kappa shape index (κ1) is 18.2. The molecule has 3 aromatic carbocycles. The van der Waals surface area contributed by atoms with Gasteiger partial charge < -0.3 is 0 Å². The highest BCUT2D eigenvalue weighted by Gasteiger charge is 2.35. The molecule has 3 aromatic rings. The predicted octanol–water partition coefficient (Wildman–Crippen LogP) is 7.94. The summed E-state index contributed by atoms with van der Waals surface area (Å²) in [5, 5.41) is 0. The van der Waals surface area contributed by atoms with E-state index in [-0.39, 0.29) is 5.41 Å². The lowest BCUT2D eigenvalue weighted by atomic mass is 9.81. The summed E-state index contributed by atoms with van der Waals surface area (Å²) >= 11 is 2.39. The van der Waals surface area contributed by atoms with Crippen molar-refractivity contribution in [2.45, 2.75) is 26.2 Å². The molecule has 0 amide bonds. The summed E-state index contributed by atoms with van der Waals surface area (Å²) in [4.78, 5) is 0. The molecule has 134 valence electrons. The van der Waals surface area contributed by atoms with Crippen LogP contribution < -0.4 is 0 Å². The maximum absolute atomic E-state index is 4.04. The lowest BCUT2D eigenvalue weighted by molar-refractivity contribution is 0.660. The van der Waals surface area contributed by atoms with Crippen molar-refractivity contribution in [2.75, 3.05) is 0 Å². The van der Waals surface area contributed by atoms with Crippen molar-refractivity contribution < 1.29 is 0 Å². The van der Waals surface area contributed by atoms with Gasteiger partial charge in [-0.1, -0.05) is 81.1 Å². The highest BCUT2D eigenvalue weighted by atomic mass is 127. The molecule has 0 aromatic heterocycles. The third-order valence-electron chi connectivity index (χ3n) is 5.67. The summed E-state index contributed by atoms with van der Waals surface area (Å²) in [7, 11) is 0. The fraction of sp³-hybridized carbons (Fsp3) is 0.154. The molecular weight excluding hydrogens is 439 g/mol. The van der Waals surface area contributed by atoms with Gasteiger partial charge in [0.1, 0.15) is 0 Å². The molecule has 4 rings (SSSR count). The zero-order valence-corrected chi connectivity index (χ0v) is 18.2. The van der Waals surface area contributed by atoms with Gasteiger partial charge >= 0.3 is 0 Å². The Balaban J connectivity index is 1.95. The largest absolute Gasteiger partial charge is 0.0984 e. The maximum Gasteiger partial charge on any atom is 0.0209 e. The van der Waals surface area contributed by atoms with Crippen LogP contribution in [0.2, 0.25) is 0 Å². The minimum absolute atomic E-state index is 0.0210. The molecule has 1 aliphatic carbocycles. The molecular formula is C26H23I. The van der Waals surface area contributed by atoms with Crippen LogP contribution in [0.15, 0.2) is 67.3 Å². The highest BCUT2D eigenvalue weighted by molar-refractivity contribution is 14.1. The fourth-order valence-corrected chi connectivity index (χ4v) is 4.98. The van der Waals surface area contributed by atoms with E-state index in [9.17, 15) is 0 Å². The van der Waals surface area contributed by atoms with E-state index in [4.69, 9.17) is 0 Å². The van der Waals surface area contributed by atoms with Crippen LogP contribution in [-0.2, 0) is 5.41 Å². The van der Waals surface area contributed by atoms with E-state index in [0.717, 1.165) is 0 Å². The predicted molar refractivity (Wildman–Crippen MR) is 127 cm³/mol. The zero-order chi connectivity index (χ0) is 19.2. The lowest BCUT2D eigenvalue weighted by Gasteiger charge is -2.22. The maximum atomic E-state index is 4.04. The van der Waals surface area contributed by atoms with Crippen LogP contribution >= 0.6 is 22.6 Å². The summed E-state index contributed by atoms with van der Waals surface area (Å²) in [6.07, 6.45) is 6.27. The van der Waals surface area contributed by atoms with Gasteiger partial charge in [-0.05, 0) is 86.2 Å². The summed E-state index contributed by atoms with van der Waals surface area (Å²) in [5.41, 5.74) is 10.6. The zero-order valence-electron chi connectivity index (χ0n) is 16.0. The van der Waals surface area contributed by atoms with Crippen molar-refractivity contribution in [3.8, 4) is 22.3 Å². The van der Waals surface area contributed by atoms with Crippen molar-refractivity contribution in [3.63, 3.8) is 0 Å². The molecule has 0 fully saturated rings. The van der Waals surface area contributed by atoms with E-state index in [1.807, 2.05) is 6.08 Å². The minimum atomic E-state index is 0.0210. The number of fused-ring (bicyclic) bond motifs is 3. The molecule has 0 saturated heterocycles. The molecule has 0 radical (unpaired) electrons. The molecule has 0 aliphatic heterocycles. The fourth-order valence-electron chi connectivity index (χ4n) is 4.29. The van der Waals surface area contributed by atoms with Gasteiger partial charge in [0, 0.05) is 8.99 Å². The van der Waals surface area contributed by atoms with Crippen molar-refractivity contribution in [1.82, 2.24) is 0 Å². The lowest BCUT2D eigenvalue weighted by Crippen LogP contribution is -2.14.